The maximum Gasteiger partial charge on any atom is 0.0702 e. The van der Waals surface area contributed by atoms with Gasteiger partial charge in [0.1, 0.15) is 0 Å². The Balaban J connectivity index is 1.27. The highest BCUT2D eigenvalue weighted by atomic mass is 14.7. The smallest absolute Gasteiger partial charge is 0.0702 e. The minimum absolute atomic E-state index is 0.977. The Morgan fingerprint density at radius 3 is 1.23 bits per heavy atom. The van der Waals surface area contributed by atoms with Gasteiger partial charge in [0.05, 0.1) is 5.69 Å². The van der Waals surface area contributed by atoms with E-state index in [9.17, 15) is 0 Å². The van der Waals surface area contributed by atoms with Gasteiger partial charge in [0.25, 0.3) is 0 Å². The minimum Gasteiger partial charge on any atom is -0.256 e. The van der Waals surface area contributed by atoms with Crippen molar-refractivity contribution in [3.63, 3.8) is 0 Å². The van der Waals surface area contributed by atoms with Gasteiger partial charge >= 0.3 is 0 Å². The molecule has 1 heteroatoms. The standard InChI is InChI=1S/C51H41N/c1-2-3-15-37-16-12-21-40(28-37)47-31-45(38-17-6-4-7-18-38)33-49(35-47)50-34-46(39-19-8-5-9-20-39)32-48(36-50)43-24-13-22-41(29-43)42-23-14-25-44(30-42)51-26-10-11-27-52-51/h4-14,16-36H,2-3,15H2,1H3. The zero-order valence-electron chi connectivity index (χ0n) is 29.5. The lowest BCUT2D eigenvalue weighted by molar-refractivity contribution is 0.795. The normalized spacial score (nSPS) is 11.0. The van der Waals surface area contributed by atoms with Crippen LogP contribution in [-0.2, 0) is 6.42 Å². The Kier molecular flexibility index (Phi) is 9.67. The van der Waals surface area contributed by atoms with Gasteiger partial charge in [-0.3, -0.25) is 4.98 Å². The first-order chi connectivity index (χ1) is 25.7. The van der Waals surface area contributed by atoms with Gasteiger partial charge in [0.2, 0.25) is 0 Å². The highest BCUT2D eigenvalue weighted by Gasteiger charge is 2.13. The van der Waals surface area contributed by atoms with Crippen LogP contribution >= 0.6 is 0 Å². The molecule has 0 aliphatic heterocycles. The third-order valence-corrected chi connectivity index (χ3v) is 9.85. The SMILES string of the molecule is CCCCc1cccc(-c2cc(-c3ccccc3)cc(-c3cc(-c4ccccc4)cc(-c4cccc(-c5cccc(-c6ccccn6)c5)c4)c3)c2)c1. The average molecular weight is 668 g/mol. The number of aryl methyl sites for hydroxylation is 1. The highest BCUT2D eigenvalue weighted by molar-refractivity contribution is 5.87. The molecule has 1 aromatic heterocycles. The van der Waals surface area contributed by atoms with Gasteiger partial charge in [-0.2, -0.15) is 0 Å². The van der Waals surface area contributed by atoms with E-state index in [0.717, 1.165) is 17.7 Å². The van der Waals surface area contributed by atoms with E-state index in [4.69, 9.17) is 0 Å². The summed E-state index contributed by atoms with van der Waals surface area (Å²) in [4.78, 5) is 4.59. The number of aromatic nitrogens is 1. The van der Waals surface area contributed by atoms with Crippen molar-refractivity contribution in [3.8, 4) is 78.0 Å². The predicted molar refractivity (Wildman–Crippen MR) is 221 cm³/mol. The predicted octanol–water partition coefficient (Wildman–Crippen LogP) is 14.1. The first kappa shape index (κ1) is 32.9. The fourth-order valence-corrected chi connectivity index (χ4v) is 7.07. The quantitative estimate of drug-likeness (QED) is 0.141. The Morgan fingerprint density at radius 1 is 0.327 bits per heavy atom. The Bertz CT molecular complexity index is 2430. The summed E-state index contributed by atoms with van der Waals surface area (Å²) in [6.07, 6.45) is 5.34. The number of hydrogen-bond donors (Lipinski definition) is 0. The second-order valence-electron chi connectivity index (χ2n) is 13.5. The van der Waals surface area contributed by atoms with Crippen LogP contribution in [0.15, 0.2) is 194 Å². The van der Waals surface area contributed by atoms with Crippen molar-refractivity contribution in [2.45, 2.75) is 26.2 Å². The summed E-state index contributed by atoms with van der Waals surface area (Å²) < 4.78 is 0. The third kappa shape index (κ3) is 7.41. The molecule has 0 amide bonds. The van der Waals surface area contributed by atoms with Gasteiger partial charge in [-0.05, 0) is 146 Å². The van der Waals surface area contributed by atoms with Crippen molar-refractivity contribution < 1.29 is 0 Å². The van der Waals surface area contributed by atoms with Crippen LogP contribution in [0.4, 0.5) is 0 Å². The third-order valence-electron chi connectivity index (χ3n) is 9.85. The lowest BCUT2D eigenvalue weighted by atomic mass is 9.89. The summed E-state index contributed by atoms with van der Waals surface area (Å²) in [5.41, 5.74) is 17.9. The number of benzene rings is 7. The molecule has 250 valence electrons. The number of unbranched alkanes of at least 4 members (excludes halogenated alkanes) is 1. The van der Waals surface area contributed by atoms with Gasteiger partial charge in [-0.15, -0.1) is 0 Å². The van der Waals surface area contributed by atoms with Crippen molar-refractivity contribution in [2.24, 2.45) is 0 Å². The highest BCUT2D eigenvalue weighted by Crippen LogP contribution is 2.38. The summed E-state index contributed by atoms with van der Waals surface area (Å²) in [6.45, 7) is 2.26. The molecule has 8 rings (SSSR count). The molecule has 0 spiro atoms. The Labute approximate surface area is 308 Å². The first-order valence-corrected chi connectivity index (χ1v) is 18.3. The number of nitrogens with zero attached hydrogens (tertiary/aromatic N) is 1. The van der Waals surface area contributed by atoms with E-state index in [2.05, 4.69) is 188 Å². The topological polar surface area (TPSA) is 12.9 Å². The van der Waals surface area contributed by atoms with Crippen LogP contribution in [0.5, 0.6) is 0 Å². The molecule has 0 unspecified atom stereocenters. The molecule has 0 aliphatic carbocycles. The molecule has 0 saturated carbocycles. The molecule has 7 aromatic carbocycles. The van der Waals surface area contributed by atoms with E-state index in [1.807, 2.05) is 18.3 Å². The summed E-state index contributed by atoms with van der Waals surface area (Å²) in [7, 11) is 0. The summed E-state index contributed by atoms with van der Waals surface area (Å²) >= 11 is 0. The van der Waals surface area contributed by atoms with Crippen molar-refractivity contribution in [2.75, 3.05) is 0 Å². The van der Waals surface area contributed by atoms with Crippen LogP contribution in [0, 0.1) is 0 Å². The van der Waals surface area contributed by atoms with Crippen molar-refractivity contribution in [1.82, 2.24) is 4.98 Å². The fourth-order valence-electron chi connectivity index (χ4n) is 7.07. The van der Waals surface area contributed by atoms with Crippen LogP contribution in [0.25, 0.3) is 78.0 Å². The van der Waals surface area contributed by atoms with Crippen molar-refractivity contribution >= 4 is 0 Å². The summed E-state index contributed by atoms with van der Waals surface area (Å²) in [6, 6.07) is 68.4. The maximum absolute atomic E-state index is 4.59. The van der Waals surface area contributed by atoms with Crippen LogP contribution < -0.4 is 0 Å². The van der Waals surface area contributed by atoms with Gasteiger partial charge in [0.15, 0.2) is 0 Å². The molecule has 1 heterocycles. The summed E-state index contributed by atoms with van der Waals surface area (Å²) in [5.74, 6) is 0. The molecule has 0 saturated heterocycles. The molecule has 52 heavy (non-hydrogen) atoms. The molecule has 0 fully saturated rings. The molecule has 8 aromatic rings. The largest absolute Gasteiger partial charge is 0.256 e. The van der Waals surface area contributed by atoms with Crippen LogP contribution in [0.3, 0.4) is 0 Å². The molecule has 0 radical (unpaired) electrons. The van der Waals surface area contributed by atoms with E-state index < -0.39 is 0 Å². The van der Waals surface area contributed by atoms with Crippen molar-refractivity contribution in [3.05, 3.63) is 200 Å². The van der Waals surface area contributed by atoms with Gasteiger partial charge < -0.3 is 0 Å². The molecule has 0 atom stereocenters. The minimum atomic E-state index is 0.977. The zero-order valence-corrected chi connectivity index (χ0v) is 29.5. The van der Waals surface area contributed by atoms with E-state index in [0.29, 0.717) is 0 Å². The van der Waals surface area contributed by atoms with Crippen LogP contribution in [0.1, 0.15) is 25.3 Å². The molecule has 1 nitrogen and oxygen atoms in total. The van der Waals surface area contributed by atoms with E-state index >= 15 is 0 Å². The van der Waals surface area contributed by atoms with Gasteiger partial charge in [-0.25, -0.2) is 0 Å². The average Bonchev–Trinajstić information content (AvgIpc) is 3.24. The summed E-state index contributed by atoms with van der Waals surface area (Å²) in [5, 5.41) is 0. The van der Waals surface area contributed by atoms with Gasteiger partial charge in [-0.1, -0.05) is 141 Å². The first-order valence-electron chi connectivity index (χ1n) is 18.3. The number of hydrogen-bond acceptors (Lipinski definition) is 1. The zero-order chi connectivity index (χ0) is 35.1. The number of rotatable bonds is 10. The van der Waals surface area contributed by atoms with E-state index in [1.165, 1.54) is 85.2 Å². The van der Waals surface area contributed by atoms with Gasteiger partial charge in [0, 0.05) is 11.8 Å². The van der Waals surface area contributed by atoms with Crippen LogP contribution in [-0.4, -0.2) is 4.98 Å². The lowest BCUT2D eigenvalue weighted by Gasteiger charge is -2.15. The van der Waals surface area contributed by atoms with E-state index in [-0.39, 0.29) is 0 Å². The monoisotopic (exact) mass is 667 g/mol. The molecular weight excluding hydrogens is 627 g/mol. The Hall–Kier alpha value is -6.31. The lowest BCUT2D eigenvalue weighted by Crippen LogP contribution is -1.90. The maximum atomic E-state index is 4.59. The second kappa shape index (κ2) is 15.3. The molecule has 0 aliphatic rings. The van der Waals surface area contributed by atoms with Crippen LogP contribution in [0.2, 0.25) is 0 Å². The fraction of sp³-hybridized carbons (Fsp3) is 0.0784. The number of pyridine rings is 1. The Morgan fingerprint density at radius 2 is 0.712 bits per heavy atom. The second-order valence-corrected chi connectivity index (χ2v) is 13.5. The molecule has 0 bridgehead atoms. The van der Waals surface area contributed by atoms with Crippen molar-refractivity contribution in [1.29, 1.82) is 0 Å². The van der Waals surface area contributed by atoms with E-state index in [1.54, 1.807) is 0 Å². The molecular formula is C51H41N. The molecule has 0 N–H and O–H groups in total.